The minimum Gasteiger partial charge on any atom is -0.497 e. The summed E-state index contributed by atoms with van der Waals surface area (Å²) in [7, 11) is 1.62. The first-order valence-corrected chi connectivity index (χ1v) is 7.12. The number of hydrogen-bond donors (Lipinski definition) is 2. The van der Waals surface area contributed by atoms with E-state index in [1.165, 1.54) is 0 Å². The monoisotopic (exact) mass is 308 g/mol. The van der Waals surface area contributed by atoms with Crippen LogP contribution in [-0.2, 0) is 0 Å². The quantitative estimate of drug-likeness (QED) is 0.762. The molecule has 5 nitrogen and oxygen atoms in total. The summed E-state index contributed by atoms with van der Waals surface area (Å²) in [6.07, 6.45) is 0. The number of carbonyl (C=O) groups is 1. The molecule has 0 fully saturated rings. The Balaban J connectivity index is 2.08. The Hall–Kier alpha value is -3.08. The van der Waals surface area contributed by atoms with Crippen molar-refractivity contribution in [2.45, 2.75) is 6.92 Å². The van der Waals surface area contributed by atoms with Crippen molar-refractivity contribution in [1.82, 2.24) is 4.98 Å². The van der Waals surface area contributed by atoms with E-state index in [2.05, 4.69) is 10.3 Å². The maximum absolute atomic E-state index is 11.1. The van der Waals surface area contributed by atoms with Crippen molar-refractivity contribution in [1.29, 1.82) is 0 Å². The number of fused-ring (bicyclic) bond motifs is 1. The number of nitrogens with one attached hydrogen (secondary N) is 1. The fraction of sp³-hybridized carbons (Fsp3) is 0.111. The maximum Gasteiger partial charge on any atom is 0.335 e. The van der Waals surface area contributed by atoms with Gasteiger partial charge in [0.05, 0.1) is 18.2 Å². The highest BCUT2D eigenvalue weighted by Crippen LogP contribution is 2.29. The van der Waals surface area contributed by atoms with Crippen LogP contribution >= 0.6 is 0 Å². The van der Waals surface area contributed by atoms with Crippen LogP contribution in [0, 0.1) is 6.92 Å². The molecule has 3 rings (SSSR count). The molecule has 2 aromatic carbocycles. The van der Waals surface area contributed by atoms with E-state index < -0.39 is 5.97 Å². The summed E-state index contributed by atoms with van der Waals surface area (Å²) in [5.41, 5.74) is 3.53. The number of rotatable bonds is 4. The second kappa shape index (κ2) is 5.96. The van der Waals surface area contributed by atoms with Gasteiger partial charge >= 0.3 is 5.97 Å². The van der Waals surface area contributed by atoms with Crippen molar-refractivity contribution in [2.24, 2.45) is 0 Å². The number of carboxylic acid groups (broad SMARTS) is 1. The molecule has 0 saturated carbocycles. The number of methoxy groups -OCH3 is 1. The Morgan fingerprint density at radius 1 is 1.17 bits per heavy atom. The number of hydrogen-bond acceptors (Lipinski definition) is 4. The number of aromatic carboxylic acids is 1. The molecule has 1 aromatic heterocycles. The molecule has 0 radical (unpaired) electrons. The fourth-order valence-electron chi connectivity index (χ4n) is 2.45. The lowest BCUT2D eigenvalue weighted by molar-refractivity contribution is 0.0697. The van der Waals surface area contributed by atoms with Gasteiger partial charge in [-0.3, -0.25) is 4.98 Å². The van der Waals surface area contributed by atoms with Crippen molar-refractivity contribution < 1.29 is 14.6 Å². The molecule has 1 heterocycles. The highest BCUT2D eigenvalue weighted by molar-refractivity contribution is 5.95. The number of carboxylic acids is 1. The number of ether oxygens (including phenoxy) is 1. The molecule has 0 amide bonds. The Morgan fingerprint density at radius 2 is 2.00 bits per heavy atom. The van der Waals surface area contributed by atoms with Gasteiger partial charge in [0.2, 0.25) is 0 Å². The van der Waals surface area contributed by atoms with Gasteiger partial charge in [-0.05, 0) is 49.4 Å². The Morgan fingerprint density at radius 3 is 2.74 bits per heavy atom. The standard InChI is InChI=1S/C18H16N2O3/c1-11-8-17(15-10-14(23-2)6-7-16(15)19-11)20-13-5-3-4-12(9-13)18(21)22/h3-10H,1-2H3,(H,19,20)(H,21,22). The van der Waals surface area contributed by atoms with Gasteiger partial charge in [-0.15, -0.1) is 0 Å². The fourth-order valence-corrected chi connectivity index (χ4v) is 2.45. The SMILES string of the molecule is COc1ccc2nc(C)cc(Nc3cccc(C(=O)O)c3)c2c1. The van der Waals surface area contributed by atoms with Gasteiger partial charge in [0.25, 0.3) is 0 Å². The van der Waals surface area contributed by atoms with Gasteiger partial charge in [0.15, 0.2) is 0 Å². The van der Waals surface area contributed by atoms with E-state index in [1.54, 1.807) is 25.3 Å². The molecule has 5 heteroatoms. The van der Waals surface area contributed by atoms with E-state index in [4.69, 9.17) is 9.84 Å². The van der Waals surface area contributed by atoms with E-state index in [9.17, 15) is 4.79 Å². The topological polar surface area (TPSA) is 71.5 Å². The van der Waals surface area contributed by atoms with Crippen molar-refractivity contribution in [3.05, 3.63) is 59.8 Å². The summed E-state index contributed by atoms with van der Waals surface area (Å²) in [6.45, 7) is 1.92. The Kier molecular flexibility index (Phi) is 3.85. The second-order valence-electron chi connectivity index (χ2n) is 5.21. The third kappa shape index (κ3) is 3.08. The van der Waals surface area contributed by atoms with Gasteiger partial charge < -0.3 is 15.2 Å². The molecule has 116 valence electrons. The van der Waals surface area contributed by atoms with Crippen molar-refractivity contribution >= 4 is 28.2 Å². The first-order valence-electron chi connectivity index (χ1n) is 7.12. The number of benzene rings is 2. The number of anilines is 2. The first-order chi connectivity index (χ1) is 11.1. The molecule has 2 N–H and O–H groups in total. The average molecular weight is 308 g/mol. The van der Waals surface area contributed by atoms with Crippen LogP contribution in [0.15, 0.2) is 48.5 Å². The predicted molar refractivity (Wildman–Crippen MR) is 89.7 cm³/mol. The lowest BCUT2D eigenvalue weighted by Crippen LogP contribution is -1.99. The number of aryl methyl sites for hydroxylation is 1. The van der Waals surface area contributed by atoms with Gasteiger partial charge in [0.1, 0.15) is 5.75 Å². The molecule has 0 aliphatic carbocycles. The second-order valence-corrected chi connectivity index (χ2v) is 5.21. The summed E-state index contributed by atoms with van der Waals surface area (Å²) in [6, 6.07) is 14.3. The first kappa shape index (κ1) is 14.8. The van der Waals surface area contributed by atoms with Crippen LogP contribution in [0.2, 0.25) is 0 Å². The van der Waals surface area contributed by atoms with Gasteiger partial charge in [-0.2, -0.15) is 0 Å². The normalized spacial score (nSPS) is 10.5. The summed E-state index contributed by atoms with van der Waals surface area (Å²) >= 11 is 0. The summed E-state index contributed by atoms with van der Waals surface area (Å²) in [5.74, 6) is -0.212. The lowest BCUT2D eigenvalue weighted by atomic mass is 10.1. The third-order valence-electron chi connectivity index (χ3n) is 3.53. The maximum atomic E-state index is 11.1. The molecule has 0 aliphatic heterocycles. The molecule has 0 aliphatic rings. The van der Waals surface area contributed by atoms with Crippen LogP contribution < -0.4 is 10.1 Å². The van der Waals surface area contributed by atoms with Crippen LogP contribution in [0.4, 0.5) is 11.4 Å². The Bertz CT molecular complexity index is 891. The molecule has 0 unspecified atom stereocenters. The van der Waals surface area contributed by atoms with Crippen LogP contribution in [0.5, 0.6) is 5.75 Å². The predicted octanol–water partition coefficient (Wildman–Crippen LogP) is 3.99. The Labute approximate surface area is 133 Å². The van der Waals surface area contributed by atoms with Gasteiger partial charge in [-0.25, -0.2) is 4.79 Å². The smallest absolute Gasteiger partial charge is 0.335 e. The highest BCUT2D eigenvalue weighted by Gasteiger charge is 2.08. The molecule has 0 bridgehead atoms. The van der Waals surface area contributed by atoms with Crippen molar-refractivity contribution in [3.8, 4) is 5.75 Å². The zero-order valence-electron chi connectivity index (χ0n) is 12.8. The molecule has 23 heavy (non-hydrogen) atoms. The van der Waals surface area contributed by atoms with E-state index in [-0.39, 0.29) is 5.56 Å². The van der Waals surface area contributed by atoms with Crippen LogP contribution in [0.25, 0.3) is 10.9 Å². The largest absolute Gasteiger partial charge is 0.497 e. The average Bonchev–Trinajstić information content (AvgIpc) is 2.54. The van der Waals surface area contributed by atoms with Crippen molar-refractivity contribution in [3.63, 3.8) is 0 Å². The highest BCUT2D eigenvalue weighted by atomic mass is 16.5. The molecule has 0 atom stereocenters. The van der Waals surface area contributed by atoms with Crippen LogP contribution in [0.3, 0.4) is 0 Å². The zero-order chi connectivity index (χ0) is 16.4. The minimum atomic E-state index is -0.953. The van der Waals surface area contributed by atoms with E-state index in [0.29, 0.717) is 5.69 Å². The van der Waals surface area contributed by atoms with Crippen molar-refractivity contribution in [2.75, 3.05) is 12.4 Å². The van der Waals surface area contributed by atoms with Gasteiger partial charge in [0, 0.05) is 22.5 Å². The summed E-state index contributed by atoms with van der Waals surface area (Å²) in [4.78, 5) is 15.6. The molecular formula is C18H16N2O3. The zero-order valence-corrected chi connectivity index (χ0v) is 12.8. The van der Waals surface area contributed by atoms with Crippen LogP contribution in [-0.4, -0.2) is 23.2 Å². The number of aromatic nitrogens is 1. The molecule has 0 saturated heterocycles. The van der Waals surface area contributed by atoms with E-state index in [1.807, 2.05) is 37.3 Å². The van der Waals surface area contributed by atoms with E-state index >= 15 is 0 Å². The summed E-state index contributed by atoms with van der Waals surface area (Å²) < 4.78 is 5.28. The number of pyridine rings is 1. The lowest BCUT2D eigenvalue weighted by Gasteiger charge is -2.12. The summed E-state index contributed by atoms with van der Waals surface area (Å²) in [5, 5.41) is 13.3. The van der Waals surface area contributed by atoms with Crippen LogP contribution in [0.1, 0.15) is 16.1 Å². The molecular weight excluding hydrogens is 292 g/mol. The third-order valence-corrected chi connectivity index (χ3v) is 3.53. The molecule has 3 aromatic rings. The van der Waals surface area contributed by atoms with E-state index in [0.717, 1.165) is 28.0 Å². The van der Waals surface area contributed by atoms with Gasteiger partial charge in [-0.1, -0.05) is 6.07 Å². The minimum absolute atomic E-state index is 0.239. The molecule has 0 spiro atoms. The number of nitrogens with zero attached hydrogens (tertiary/aromatic N) is 1.